The van der Waals surface area contributed by atoms with Crippen molar-refractivity contribution in [3.63, 3.8) is 0 Å². The molecule has 0 radical (unpaired) electrons. The highest BCUT2D eigenvalue weighted by atomic mass is 32.1. The van der Waals surface area contributed by atoms with Gasteiger partial charge in [-0.2, -0.15) is 0 Å². The molecule has 12 rings (SSSR count). The van der Waals surface area contributed by atoms with E-state index < -0.39 is 0 Å². The molecule has 11 aromatic rings. The van der Waals surface area contributed by atoms with Crippen LogP contribution in [0.1, 0.15) is 29.0 Å². The van der Waals surface area contributed by atoms with Crippen molar-refractivity contribution in [3.05, 3.63) is 205 Å². The van der Waals surface area contributed by atoms with Gasteiger partial charge < -0.3 is 9.73 Å². The number of para-hydroxylation sites is 1. The van der Waals surface area contributed by atoms with Crippen molar-refractivity contribution in [2.75, 3.05) is 0 Å². The van der Waals surface area contributed by atoms with Crippen LogP contribution in [0, 0.1) is 0 Å². The second-order valence-electron chi connectivity index (χ2n) is 15.1. The molecule has 9 aromatic carbocycles. The monoisotopic (exact) mass is 761 g/mol. The van der Waals surface area contributed by atoms with Crippen molar-refractivity contribution in [1.29, 1.82) is 0 Å². The van der Waals surface area contributed by atoms with Crippen molar-refractivity contribution >= 4 is 80.8 Å². The van der Waals surface area contributed by atoms with Crippen molar-refractivity contribution in [1.82, 2.24) is 10.6 Å². The summed E-state index contributed by atoms with van der Waals surface area (Å²) in [6.45, 7) is 0. The normalized spacial score (nSPS) is 15.8. The maximum Gasteiger partial charge on any atom is 0.143 e. The highest BCUT2D eigenvalue weighted by Gasteiger charge is 2.29. The maximum absolute atomic E-state index is 6.80. The van der Waals surface area contributed by atoms with Gasteiger partial charge in [-0.25, -0.2) is 4.99 Å². The molecule has 3 heterocycles. The SMILES string of the molecule is c1ccc(-c2ccc(-c3ccc4ccccc4c3)c3oc4ccccc4c23)c(C2=NC(c3ccc4ccccc4c3)NC(c3cccc4sc5ccccc5c34)N2)c1. The molecule has 0 saturated heterocycles. The summed E-state index contributed by atoms with van der Waals surface area (Å²) < 4.78 is 9.36. The Morgan fingerprint density at radius 2 is 1.16 bits per heavy atom. The van der Waals surface area contributed by atoms with Gasteiger partial charge in [0.05, 0.1) is 0 Å². The van der Waals surface area contributed by atoms with E-state index in [-0.39, 0.29) is 12.3 Å². The molecule has 4 nitrogen and oxygen atoms in total. The first-order valence-electron chi connectivity index (χ1n) is 19.8. The number of aliphatic imine (C=N–C) groups is 1. The second-order valence-corrected chi connectivity index (χ2v) is 16.2. The number of hydrogen-bond donors (Lipinski definition) is 2. The van der Waals surface area contributed by atoms with E-state index in [1.54, 1.807) is 0 Å². The van der Waals surface area contributed by atoms with Gasteiger partial charge in [0.15, 0.2) is 0 Å². The van der Waals surface area contributed by atoms with Gasteiger partial charge >= 0.3 is 0 Å². The summed E-state index contributed by atoms with van der Waals surface area (Å²) in [5, 5.41) is 17.4. The molecule has 274 valence electrons. The molecule has 0 aliphatic carbocycles. The molecule has 0 spiro atoms. The zero-order chi connectivity index (χ0) is 38.2. The molecule has 0 bridgehead atoms. The molecule has 1 aliphatic rings. The third-order valence-electron chi connectivity index (χ3n) is 11.8. The quantitative estimate of drug-likeness (QED) is 0.184. The van der Waals surface area contributed by atoms with E-state index in [0.717, 1.165) is 61.2 Å². The highest BCUT2D eigenvalue weighted by Crippen LogP contribution is 2.44. The predicted molar refractivity (Wildman–Crippen MR) is 244 cm³/mol. The Kier molecular flexibility index (Phi) is 7.58. The number of nitrogens with zero attached hydrogens (tertiary/aromatic N) is 1. The molecule has 5 heteroatoms. The predicted octanol–water partition coefficient (Wildman–Crippen LogP) is 13.9. The first kappa shape index (κ1) is 33.1. The number of hydrogen-bond acceptors (Lipinski definition) is 5. The van der Waals surface area contributed by atoms with Crippen LogP contribution in [0.3, 0.4) is 0 Å². The van der Waals surface area contributed by atoms with E-state index in [2.05, 4.69) is 193 Å². The Bertz CT molecular complexity index is 3450. The van der Waals surface area contributed by atoms with E-state index in [9.17, 15) is 0 Å². The lowest BCUT2D eigenvalue weighted by Crippen LogP contribution is -2.45. The molecule has 58 heavy (non-hydrogen) atoms. The van der Waals surface area contributed by atoms with Crippen LogP contribution in [-0.2, 0) is 0 Å². The van der Waals surface area contributed by atoms with Crippen LogP contribution in [0.2, 0.25) is 0 Å². The lowest BCUT2D eigenvalue weighted by atomic mass is 9.91. The number of amidine groups is 1. The summed E-state index contributed by atoms with van der Waals surface area (Å²) in [5.41, 5.74) is 9.50. The molecule has 2 N–H and O–H groups in total. The summed E-state index contributed by atoms with van der Waals surface area (Å²) in [7, 11) is 0. The minimum Gasteiger partial charge on any atom is -0.455 e. The molecular formula is C53H35N3OS. The standard InChI is InChI=1S/C53H35N3OS/c1-3-14-34-30-36(26-24-32(34)12-1)38-28-29-40(49-42-18-7-9-21-45(42)57-50(38)49)39-16-5-6-17-41(39)52-54-51(37-27-25-33-13-2-4-15-35(33)31-37)55-53(56-52)44-20-11-23-47-48(44)43-19-8-10-22-46(43)58-47/h1-31,51,53,55H,(H,54,56). The number of thiophene rings is 1. The van der Waals surface area contributed by atoms with Crippen molar-refractivity contribution < 1.29 is 4.42 Å². The minimum absolute atomic E-state index is 0.219. The van der Waals surface area contributed by atoms with Crippen molar-refractivity contribution in [3.8, 4) is 22.3 Å². The third kappa shape index (κ3) is 5.36. The molecule has 2 atom stereocenters. The topological polar surface area (TPSA) is 49.6 Å². The molecule has 2 unspecified atom stereocenters. The van der Waals surface area contributed by atoms with Crippen LogP contribution in [0.5, 0.6) is 0 Å². The van der Waals surface area contributed by atoms with Crippen molar-refractivity contribution in [2.45, 2.75) is 12.3 Å². The number of nitrogens with one attached hydrogen (secondary N) is 2. The largest absolute Gasteiger partial charge is 0.455 e. The smallest absolute Gasteiger partial charge is 0.143 e. The first-order valence-corrected chi connectivity index (χ1v) is 20.6. The third-order valence-corrected chi connectivity index (χ3v) is 12.9. The molecule has 0 saturated carbocycles. The molecule has 0 fully saturated rings. The van der Waals surface area contributed by atoms with Crippen molar-refractivity contribution in [2.24, 2.45) is 4.99 Å². The molecular weight excluding hydrogens is 727 g/mol. The zero-order valence-corrected chi connectivity index (χ0v) is 32.1. The Morgan fingerprint density at radius 1 is 0.483 bits per heavy atom. The fourth-order valence-electron chi connectivity index (χ4n) is 9.01. The summed E-state index contributed by atoms with van der Waals surface area (Å²) in [5.74, 6) is 0.841. The summed E-state index contributed by atoms with van der Waals surface area (Å²) in [6, 6.07) is 67.4. The minimum atomic E-state index is -0.302. The van der Waals surface area contributed by atoms with Gasteiger partial charge in [0.2, 0.25) is 0 Å². The van der Waals surface area contributed by atoms with E-state index in [1.165, 1.54) is 47.3 Å². The lowest BCUT2D eigenvalue weighted by molar-refractivity contribution is 0.411. The van der Waals surface area contributed by atoms with Crippen LogP contribution in [0.4, 0.5) is 0 Å². The summed E-state index contributed by atoms with van der Waals surface area (Å²) >= 11 is 1.84. The number of fused-ring (bicyclic) bond motifs is 8. The van der Waals surface area contributed by atoms with Crippen LogP contribution < -0.4 is 10.6 Å². The van der Waals surface area contributed by atoms with Crippen LogP contribution in [0.15, 0.2) is 197 Å². The Labute approximate surface area is 338 Å². The van der Waals surface area contributed by atoms with E-state index in [4.69, 9.17) is 9.41 Å². The molecule has 0 amide bonds. The average molecular weight is 762 g/mol. The average Bonchev–Trinajstić information content (AvgIpc) is 3.88. The Hall–Kier alpha value is -7.05. The van der Waals surface area contributed by atoms with Crippen LogP contribution in [-0.4, -0.2) is 5.84 Å². The van der Waals surface area contributed by atoms with Crippen LogP contribution >= 0.6 is 11.3 Å². The van der Waals surface area contributed by atoms with E-state index >= 15 is 0 Å². The second kappa shape index (κ2) is 13.3. The maximum atomic E-state index is 6.80. The van der Waals surface area contributed by atoms with Gasteiger partial charge in [0.1, 0.15) is 29.3 Å². The van der Waals surface area contributed by atoms with E-state index in [0.29, 0.717) is 0 Å². The van der Waals surface area contributed by atoms with E-state index in [1.807, 2.05) is 17.4 Å². The fraction of sp³-hybridized carbons (Fsp3) is 0.0377. The number of furan rings is 1. The first-order chi connectivity index (χ1) is 28.7. The molecule has 1 aliphatic heterocycles. The Balaban J connectivity index is 1.05. The fourth-order valence-corrected chi connectivity index (χ4v) is 10.1. The highest BCUT2D eigenvalue weighted by molar-refractivity contribution is 7.25. The van der Waals surface area contributed by atoms with Gasteiger partial charge in [-0.05, 0) is 85.8 Å². The van der Waals surface area contributed by atoms with Gasteiger partial charge in [-0.3, -0.25) is 5.32 Å². The number of rotatable bonds is 5. The summed E-state index contributed by atoms with van der Waals surface area (Å²) in [6.07, 6.45) is -0.520. The van der Waals surface area contributed by atoms with Gasteiger partial charge in [-0.1, -0.05) is 152 Å². The number of benzene rings is 9. The van der Waals surface area contributed by atoms with Gasteiger partial charge in [0, 0.05) is 42.1 Å². The van der Waals surface area contributed by atoms with Gasteiger partial charge in [0.25, 0.3) is 0 Å². The Morgan fingerprint density at radius 3 is 2.02 bits per heavy atom. The zero-order valence-electron chi connectivity index (χ0n) is 31.3. The lowest BCUT2D eigenvalue weighted by Gasteiger charge is -2.33. The molecule has 2 aromatic heterocycles. The summed E-state index contributed by atoms with van der Waals surface area (Å²) in [4.78, 5) is 5.52. The van der Waals surface area contributed by atoms with Gasteiger partial charge in [-0.15, -0.1) is 11.3 Å². The van der Waals surface area contributed by atoms with Crippen LogP contribution in [0.25, 0.3) is 85.9 Å².